The van der Waals surface area contributed by atoms with Crippen molar-refractivity contribution in [3.8, 4) is 0 Å². The van der Waals surface area contributed by atoms with E-state index in [1.165, 1.54) is 257 Å². The van der Waals surface area contributed by atoms with Gasteiger partial charge in [-0.05, 0) is 44.9 Å². The maximum absolute atomic E-state index is 13.2. The van der Waals surface area contributed by atoms with E-state index in [0.717, 1.165) is 44.9 Å². The summed E-state index contributed by atoms with van der Waals surface area (Å²) in [5.74, 6) is -0.690. The normalized spacial score (nSPS) is 19.3. The van der Waals surface area contributed by atoms with Gasteiger partial charge in [0.1, 0.15) is 36.6 Å². The Kier molecular flexibility index (Phi) is 55.5. The Labute approximate surface area is 493 Å². The fourth-order valence-corrected chi connectivity index (χ4v) is 11.4. The number of aliphatic hydroxyl groups is 7. The number of rotatable bonds is 61. The zero-order valence-corrected chi connectivity index (χ0v) is 52.3. The number of hydrogen-bond donors (Lipinski definition) is 8. The van der Waals surface area contributed by atoms with E-state index < -0.39 is 74.2 Å². The molecule has 9 unspecified atom stereocenters. The average Bonchev–Trinajstić information content (AvgIpc) is 3.46. The van der Waals surface area contributed by atoms with Gasteiger partial charge in [-0.3, -0.25) is 4.79 Å². The summed E-state index contributed by atoms with van der Waals surface area (Å²) in [6.45, 7) is 3.51. The Balaban J connectivity index is 2.19. The molecule has 1 aliphatic rings. The molecular weight excluding hydrogens is 1000 g/mol. The van der Waals surface area contributed by atoms with Crippen molar-refractivity contribution in [3.63, 3.8) is 0 Å². The van der Waals surface area contributed by atoms with Gasteiger partial charge in [-0.2, -0.15) is 0 Å². The van der Waals surface area contributed by atoms with Gasteiger partial charge in [0.15, 0.2) is 6.29 Å². The van der Waals surface area contributed by atoms with Crippen LogP contribution in [0.15, 0.2) is 24.3 Å². The average molecular weight is 1140 g/mol. The molecule has 80 heavy (non-hydrogen) atoms. The van der Waals surface area contributed by atoms with E-state index >= 15 is 0 Å². The second-order valence-corrected chi connectivity index (χ2v) is 24.6. The van der Waals surface area contributed by atoms with Gasteiger partial charge in [0.25, 0.3) is 0 Å². The summed E-state index contributed by atoms with van der Waals surface area (Å²) in [5, 5.41) is 76.5. The zero-order valence-electron chi connectivity index (χ0n) is 52.3. The van der Waals surface area contributed by atoms with Crippen LogP contribution in [0.3, 0.4) is 0 Å². The molecule has 0 spiro atoms. The third-order valence-corrected chi connectivity index (χ3v) is 17.0. The lowest BCUT2D eigenvalue weighted by Gasteiger charge is -2.40. The van der Waals surface area contributed by atoms with Gasteiger partial charge in [-0.25, -0.2) is 0 Å². The van der Waals surface area contributed by atoms with Crippen LogP contribution in [0.2, 0.25) is 0 Å². The third kappa shape index (κ3) is 45.0. The number of unbranched alkanes of at least 4 members (excludes halogenated alkanes) is 45. The van der Waals surface area contributed by atoms with Crippen LogP contribution in [-0.4, -0.2) is 110 Å². The van der Waals surface area contributed by atoms with Crippen molar-refractivity contribution in [2.75, 3.05) is 13.2 Å². The molecule has 0 aromatic heterocycles. The summed E-state index contributed by atoms with van der Waals surface area (Å²) >= 11 is 0. The molecule has 0 aromatic carbocycles. The molecule has 9 atom stereocenters. The summed E-state index contributed by atoms with van der Waals surface area (Å²) in [4.78, 5) is 13.2. The second kappa shape index (κ2) is 58.0. The van der Waals surface area contributed by atoms with Gasteiger partial charge >= 0.3 is 0 Å². The van der Waals surface area contributed by atoms with E-state index in [1.54, 1.807) is 0 Å². The monoisotopic (exact) mass is 1140 g/mol. The first-order valence-corrected chi connectivity index (χ1v) is 34.7. The lowest BCUT2D eigenvalue weighted by Crippen LogP contribution is -2.60. The number of carbonyl (C=O) groups is 1. The van der Waals surface area contributed by atoms with Gasteiger partial charge in [0.05, 0.1) is 25.4 Å². The van der Waals surface area contributed by atoms with E-state index in [1.807, 2.05) is 0 Å². The van der Waals surface area contributed by atoms with Crippen molar-refractivity contribution in [2.24, 2.45) is 0 Å². The van der Waals surface area contributed by atoms with Crippen LogP contribution < -0.4 is 5.32 Å². The predicted octanol–water partition coefficient (Wildman–Crippen LogP) is 16.4. The number of amides is 1. The highest BCUT2D eigenvalue weighted by atomic mass is 16.7. The molecule has 474 valence electrons. The number of aliphatic hydroxyl groups excluding tert-OH is 7. The summed E-state index contributed by atoms with van der Waals surface area (Å²) in [7, 11) is 0. The summed E-state index contributed by atoms with van der Waals surface area (Å²) < 4.78 is 11.2. The highest BCUT2D eigenvalue weighted by Crippen LogP contribution is 2.24. The Morgan fingerprint density at radius 1 is 0.438 bits per heavy atom. The number of carbonyl (C=O) groups excluding carboxylic acids is 1. The molecule has 0 bridgehead atoms. The smallest absolute Gasteiger partial charge is 0.249 e. The highest BCUT2D eigenvalue weighted by molar-refractivity contribution is 5.80. The SMILES string of the molecule is CCCCCCCCCCC/C=C\C/C=C\CCCCCCCCCCCCCCCCCCC(O)C(=O)NC(COC1OC(CO)C(O)C(O)C1O)C(O)C(O)CCCCCCCCCCCCCCCCCCCCCCC. The van der Waals surface area contributed by atoms with Crippen LogP contribution >= 0.6 is 0 Å². The molecule has 1 fully saturated rings. The number of nitrogens with one attached hydrogen (secondary N) is 1. The van der Waals surface area contributed by atoms with Crippen molar-refractivity contribution >= 4 is 5.91 Å². The molecule has 11 heteroatoms. The number of hydrogen-bond acceptors (Lipinski definition) is 10. The first-order valence-electron chi connectivity index (χ1n) is 34.7. The standard InChI is InChI=1S/C69H133NO10/c1-3-5-7-9-11-13-15-17-19-21-23-25-26-27-28-29-30-31-32-33-34-35-37-39-41-43-45-47-49-51-53-55-57-62(73)68(78)70-60(59-79-69-67(77)66(76)65(75)63(58-71)80-69)64(74)61(72)56-54-52-50-48-46-44-42-40-38-36-24-22-20-18-16-14-12-10-8-6-4-2/h23,25,27-28,60-67,69,71-77H,3-22,24,26,29-59H2,1-2H3,(H,70,78)/b25-23-,28-27-. The van der Waals surface area contributed by atoms with Crippen molar-refractivity contribution in [3.05, 3.63) is 24.3 Å². The first kappa shape index (κ1) is 76.6. The van der Waals surface area contributed by atoms with Gasteiger partial charge < -0.3 is 50.5 Å². The van der Waals surface area contributed by atoms with Gasteiger partial charge in [0.2, 0.25) is 5.91 Å². The van der Waals surface area contributed by atoms with Crippen LogP contribution in [0.25, 0.3) is 0 Å². The molecule has 1 saturated heterocycles. The van der Waals surface area contributed by atoms with Crippen LogP contribution in [0.4, 0.5) is 0 Å². The van der Waals surface area contributed by atoms with Gasteiger partial charge in [-0.15, -0.1) is 0 Å². The molecule has 8 N–H and O–H groups in total. The molecule has 1 heterocycles. The lowest BCUT2D eigenvalue weighted by molar-refractivity contribution is -0.303. The molecule has 1 rings (SSSR count). The Bertz CT molecular complexity index is 1350. The van der Waals surface area contributed by atoms with E-state index in [-0.39, 0.29) is 6.42 Å². The lowest BCUT2D eigenvalue weighted by atomic mass is 9.98. The maximum atomic E-state index is 13.2. The minimum atomic E-state index is -1.66. The number of allylic oxidation sites excluding steroid dienone is 4. The Morgan fingerprint density at radius 3 is 1.11 bits per heavy atom. The third-order valence-electron chi connectivity index (χ3n) is 17.0. The summed E-state index contributed by atoms with van der Waals surface area (Å²) in [5.41, 5.74) is 0. The largest absolute Gasteiger partial charge is 0.394 e. The van der Waals surface area contributed by atoms with Crippen molar-refractivity contribution in [1.82, 2.24) is 5.32 Å². The van der Waals surface area contributed by atoms with Crippen LogP contribution in [0, 0.1) is 0 Å². The topological polar surface area (TPSA) is 189 Å². The molecule has 1 amide bonds. The van der Waals surface area contributed by atoms with Crippen molar-refractivity contribution < 1.29 is 50.0 Å². The quantitative estimate of drug-likeness (QED) is 0.0215. The molecule has 0 aromatic rings. The molecular formula is C69H133NO10. The molecule has 0 radical (unpaired) electrons. The van der Waals surface area contributed by atoms with Gasteiger partial charge in [0, 0.05) is 0 Å². The van der Waals surface area contributed by atoms with Crippen LogP contribution in [0.1, 0.15) is 341 Å². The number of ether oxygens (including phenoxy) is 2. The van der Waals surface area contributed by atoms with E-state index in [0.29, 0.717) is 19.3 Å². The molecule has 11 nitrogen and oxygen atoms in total. The fourth-order valence-electron chi connectivity index (χ4n) is 11.4. The Morgan fingerprint density at radius 2 is 0.762 bits per heavy atom. The first-order chi connectivity index (χ1) is 39.2. The molecule has 0 aliphatic carbocycles. The van der Waals surface area contributed by atoms with E-state index in [4.69, 9.17) is 9.47 Å². The zero-order chi connectivity index (χ0) is 58.2. The van der Waals surface area contributed by atoms with E-state index in [2.05, 4.69) is 43.5 Å². The summed E-state index contributed by atoms with van der Waals surface area (Å²) in [6, 6.07) is -1.17. The molecule has 1 aliphatic heterocycles. The van der Waals surface area contributed by atoms with Crippen molar-refractivity contribution in [2.45, 2.75) is 396 Å². The summed E-state index contributed by atoms with van der Waals surface area (Å²) in [6.07, 6.45) is 61.1. The second-order valence-electron chi connectivity index (χ2n) is 24.6. The van der Waals surface area contributed by atoms with Crippen molar-refractivity contribution in [1.29, 1.82) is 0 Å². The Hall–Kier alpha value is -1.41. The highest BCUT2D eigenvalue weighted by Gasteiger charge is 2.44. The van der Waals surface area contributed by atoms with Gasteiger partial charge in [-0.1, -0.05) is 321 Å². The predicted molar refractivity (Wildman–Crippen MR) is 335 cm³/mol. The fraction of sp³-hybridized carbons (Fsp3) is 0.928. The minimum Gasteiger partial charge on any atom is -0.394 e. The maximum Gasteiger partial charge on any atom is 0.249 e. The van der Waals surface area contributed by atoms with Crippen LogP contribution in [-0.2, 0) is 14.3 Å². The van der Waals surface area contributed by atoms with E-state index in [9.17, 15) is 40.5 Å². The molecule has 0 saturated carbocycles. The minimum absolute atomic E-state index is 0.263. The van der Waals surface area contributed by atoms with Crippen LogP contribution in [0.5, 0.6) is 0 Å².